The molecule has 0 radical (unpaired) electrons. The highest BCUT2D eigenvalue weighted by Gasteiger charge is 2.33. The summed E-state index contributed by atoms with van der Waals surface area (Å²) in [6.45, 7) is 2.20. The Labute approximate surface area is 131 Å². The number of aromatic nitrogens is 2. The van der Waals surface area contributed by atoms with Gasteiger partial charge in [0.15, 0.2) is 5.69 Å². The molecule has 0 atom stereocenters. The van der Waals surface area contributed by atoms with Crippen LogP contribution in [0.3, 0.4) is 0 Å². The molecule has 2 aromatic rings. The largest absolute Gasteiger partial charge is 0.461 e. The molecule has 20 heavy (non-hydrogen) atoms. The van der Waals surface area contributed by atoms with E-state index < -0.39 is 0 Å². The fourth-order valence-corrected chi connectivity index (χ4v) is 3.05. The van der Waals surface area contributed by atoms with Crippen LogP contribution in [0.25, 0.3) is 11.3 Å². The molecule has 1 aliphatic carbocycles. The van der Waals surface area contributed by atoms with Gasteiger partial charge in [-0.2, -0.15) is 5.10 Å². The topological polar surface area (TPSA) is 44.1 Å². The van der Waals surface area contributed by atoms with Crippen LogP contribution in [0.15, 0.2) is 30.3 Å². The van der Waals surface area contributed by atoms with Crippen molar-refractivity contribution in [3.63, 3.8) is 0 Å². The van der Waals surface area contributed by atoms with Crippen LogP contribution >= 0.6 is 22.6 Å². The average Bonchev–Trinajstić information content (AvgIpc) is 3.24. The predicted molar refractivity (Wildman–Crippen MR) is 84.6 cm³/mol. The minimum atomic E-state index is -0.279. The summed E-state index contributed by atoms with van der Waals surface area (Å²) in [5.74, 6) is -0.279. The molecule has 0 aliphatic heterocycles. The monoisotopic (exact) mass is 382 g/mol. The molecule has 0 unspecified atom stereocenters. The summed E-state index contributed by atoms with van der Waals surface area (Å²) in [4.78, 5) is 12.2. The zero-order chi connectivity index (χ0) is 14.1. The summed E-state index contributed by atoms with van der Waals surface area (Å²) in [5, 5.41) is 4.65. The van der Waals surface area contributed by atoms with E-state index in [1.807, 2.05) is 41.9 Å². The third-order valence-electron chi connectivity index (χ3n) is 3.26. The fourth-order valence-electron chi connectivity index (χ4n) is 2.16. The molecule has 0 bridgehead atoms. The zero-order valence-electron chi connectivity index (χ0n) is 11.2. The number of esters is 1. The molecule has 1 aromatic carbocycles. The molecule has 1 aliphatic rings. The van der Waals surface area contributed by atoms with Crippen LogP contribution in [0.1, 0.15) is 36.3 Å². The van der Waals surface area contributed by atoms with E-state index in [1.54, 1.807) is 0 Å². The Kier molecular flexibility index (Phi) is 3.78. The lowest BCUT2D eigenvalue weighted by Gasteiger charge is -2.05. The normalized spacial score (nSPS) is 14.3. The van der Waals surface area contributed by atoms with E-state index in [0.29, 0.717) is 18.3 Å². The first kappa shape index (κ1) is 13.6. The van der Waals surface area contributed by atoms with E-state index in [9.17, 15) is 4.79 Å². The molecule has 1 heterocycles. The van der Waals surface area contributed by atoms with Gasteiger partial charge in [0.2, 0.25) is 0 Å². The number of hydrogen-bond acceptors (Lipinski definition) is 3. The van der Waals surface area contributed by atoms with Crippen molar-refractivity contribution in [1.82, 2.24) is 9.78 Å². The van der Waals surface area contributed by atoms with Crippen LogP contribution in [0.4, 0.5) is 0 Å². The average molecular weight is 382 g/mol. The molecule has 0 spiro atoms. The van der Waals surface area contributed by atoms with Gasteiger partial charge in [-0.1, -0.05) is 30.3 Å². The molecule has 5 heteroatoms. The molecular weight excluding hydrogens is 367 g/mol. The van der Waals surface area contributed by atoms with Gasteiger partial charge in [0.25, 0.3) is 0 Å². The van der Waals surface area contributed by atoms with Crippen molar-refractivity contribution in [2.24, 2.45) is 0 Å². The fraction of sp³-hybridized carbons (Fsp3) is 0.333. The highest BCUT2D eigenvalue weighted by Crippen LogP contribution is 2.39. The molecule has 1 saturated carbocycles. The number of carbonyl (C=O) groups excluding carboxylic acids is 1. The van der Waals surface area contributed by atoms with Crippen molar-refractivity contribution in [3.05, 3.63) is 39.6 Å². The van der Waals surface area contributed by atoms with Crippen molar-refractivity contribution >= 4 is 28.6 Å². The highest BCUT2D eigenvalue weighted by atomic mass is 127. The quantitative estimate of drug-likeness (QED) is 0.599. The van der Waals surface area contributed by atoms with Crippen LogP contribution in [-0.4, -0.2) is 22.4 Å². The summed E-state index contributed by atoms with van der Waals surface area (Å²) < 4.78 is 7.90. The SMILES string of the molecule is CCOC(=O)c1c(I)c(-c2ccccc2)nn1C1CC1. The van der Waals surface area contributed by atoms with Crippen molar-refractivity contribution < 1.29 is 9.53 Å². The maximum atomic E-state index is 12.2. The number of hydrogen-bond donors (Lipinski definition) is 0. The van der Waals surface area contributed by atoms with E-state index in [4.69, 9.17) is 4.74 Å². The number of nitrogens with zero attached hydrogens (tertiary/aromatic N) is 2. The Hall–Kier alpha value is -1.37. The number of carbonyl (C=O) groups is 1. The van der Waals surface area contributed by atoms with Gasteiger partial charge in [-0.25, -0.2) is 4.79 Å². The van der Waals surface area contributed by atoms with Gasteiger partial charge in [-0.3, -0.25) is 4.68 Å². The van der Waals surface area contributed by atoms with Gasteiger partial charge in [-0.05, 0) is 42.4 Å². The standard InChI is InChI=1S/C15H15IN2O2/c1-2-20-15(19)14-12(16)13(10-6-4-3-5-7-10)17-18(14)11-8-9-11/h3-7,11H,2,8-9H2,1H3. The lowest BCUT2D eigenvalue weighted by Crippen LogP contribution is -2.13. The van der Waals surface area contributed by atoms with Crippen molar-refractivity contribution in [3.8, 4) is 11.3 Å². The molecular formula is C15H15IN2O2. The number of halogens is 1. The zero-order valence-corrected chi connectivity index (χ0v) is 13.3. The van der Waals surface area contributed by atoms with Crippen LogP contribution < -0.4 is 0 Å². The maximum Gasteiger partial charge on any atom is 0.357 e. The lowest BCUT2D eigenvalue weighted by molar-refractivity contribution is 0.0510. The molecule has 104 valence electrons. The van der Waals surface area contributed by atoms with Crippen molar-refractivity contribution in [1.29, 1.82) is 0 Å². The van der Waals surface area contributed by atoms with Crippen molar-refractivity contribution in [2.45, 2.75) is 25.8 Å². The van der Waals surface area contributed by atoms with Gasteiger partial charge in [0.05, 0.1) is 16.2 Å². The van der Waals surface area contributed by atoms with Crippen LogP contribution in [0, 0.1) is 3.57 Å². The molecule has 0 N–H and O–H groups in total. The molecule has 0 saturated heterocycles. The Bertz CT molecular complexity index is 633. The Morgan fingerprint density at radius 1 is 1.40 bits per heavy atom. The van der Waals surface area contributed by atoms with Crippen LogP contribution in [0.5, 0.6) is 0 Å². The van der Waals surface area contributed by atoms with Crippen LogP contribution in [0.2, 0.25) is 0 Å². The van der Waals surface area contributed by atoms with Crippen molar-refractivity contribution in [2.75, 3.05) is 6.61 Å². The number of rotatable bonds is 4. The Morgan fingerprint density at radius 2 is 2.10 bits per heavy atom. The summed E-state index contributed by atoms with van der Waals surface area (Å²) in [5.41, 5.74) is 2.48. The predicted octanol–water partition coefficient (Wildman–Crippen LogP) is 3.67. The van der Waals surface area contributed by atoms with Gasteiger partial charge in [0.1, 0.15) is 5.69 Å². The van der Waals surface area contributed by atoms with E-state index in [2.05, 4.69) is 27.7 Å². The first-order chi connectivity index (χ1) is 9.72. The molecule has 3 rings (SSSR count). The van der Waals surface area contributed by atoms with E-state index in [0.717, 1.165) is 27.7 Å². The van der Waals surface area contributed by atoms with Crippen LogP contribution in [-0.2, 0) is 4.74 Å². The van der Waals surface area contributed by atoms with Gasteiger partial charge in [0, 0.05) is 5.56 Å². The summed E-state index contributed by atoms with van der Waals surface area (Å²) in [7, 11) is 0. The summed E-state index contributed by atoms with van der Waals surface area (Å²) >= 11 is 2.20. The van der Waals surface area contributed by atoms with E-state index in [1.165, 1.54) is 0 Å². The molecule has 4 nitrogen and oxygen atoms in total. The number of ether oxygens (including phenoxy) is 1. The first-order valence-electron chi connectivity index (χ1n) is 6.73. The van der Waals surface area contributed by atoms with Gasteiger partial charge in [-0.15, -0.1) is 0 Å². The minimum absolute atomic E-state index is 0.279. The summed E-state index contributed by atoms with van der Waals surface area (Å²) in [6, 6.07) is 10.3. The molecule has 1 aromatic heterocycles. The molecule has 0 amide bonds. The molecule has 1 fully saturated rings. The third-order valence-corrected chi connectivity index (χ3v) is 4.28. The second-order valence-corrected chi connectivity index (χ2v) is 5.85. The second kappa shape index (κ2) is 5.55. The Balaban J connectivity index is 2.09. The smallest absolute Gasteiger partial charge is 0.357 e. The Morgan fingerprint density at radius 3 is 2.70 bits per heavy atom. The summed E-state index contributed by atoms with van der Waals surface area (Å²) in [6.07, 6.45) is 2.16. The van der Waals surface area contributed by atoms with Gasteiger partial charge < -0.3 is 4.74 Å². The lowest BCUT2D eigenvalue weighted by atomic mass is 10.1. The maximum absolute atomic E-state index is 12.2. The minimum Gasteiger partial charge on any atom is -0.461 e. The third kappa shape index (κ3) is 2.46. The number of benzene rings is 1. The van der Waals surface area contributed by atoms with Gasteiger partial charge >= 0.3 is 5.97 Å². The van der Waals surface area contributed by atoms with E-state index >= 15 is 0 Å². The first-order valence-corrected chi connectivity index (χ1v) is 7.80. The van der Waals surface area contributed by atoms with E-state index in [-0.39, 0.29) is 5.97 Å². The highest BCUT2D eigenvalue weighted by molar-refractivity contribution is 14.1. The second-order valence-electron chi connectivity index (χ2n) is 4.77.